The molecule has 0 aliphatic heterocycles. The number of hydrogen-bond donors (Lipinski definition) is 1. The molecule has 1 heterocycles. The van der Waals surface area contributed by atoms with Crippen LogP contribution in [-0.4, -0.2) is 27.3 Å². The summed E-state index contributed by atoms with van der Waals surface area (Å²) in [7, 11) is 2.01. The first-order chi connectivity index (χ1) is 7.46. The van der Waals surface area contributed by atoms with Gasteiger partial charge in [0.25, 0.3) is 0 Å². The highest BCUT2D eigenvalue weighted by molar-refractivity contribution is 8.00. The Hall–Kier alpha value is -0.480. The first-order valence-electron chi connectivity index (χ1n) is 5.80. The Morgan fingerprint density at radius 2 is 2.19 bits per heavy atom. The Kier molecular flexibility index (Phi) is 4.87. The molecular formula is C12H23N3S. The molecule has 92 valence electrons. The van der Waals surface area contributed by atoms with Crippen molar-refractivity contribution in [1.29, 1.82) is 0 Å². The van der Waals surface area contributed by atoms with Gasteiger partial charge in [0, 0.05) is 34.8 Å². The molecule has 0 aliphatic carbocycles. The largest absolute Gasteiger partial charge is 0.312 e. The van der Waals surface area contributed by atoms with E-state index in [0.29, 0.717) is 10.8 Å². The quantitative estimate of drug-likeness (QED) is 0.859. The van der Waals surface area contributed by atoms with Gasteiger partial charge in [-0.3, -0.25) is 4.68 Å². The highest BCUT2D eigenvalue weighted by atomic mass is 32.2. The molecule has 1 aromatic rings. The van der Waals surface area contributed by atoms with Crippen molar-refractivity contribution in [3.05, 3.63) is 18.0 Å². The maximum absolute atomic E-state index is 4.32. The third kappa shape index (κ3) is 4.18. The summed E-state index contributed by atoms with van der Waals surface area (Å²) >= 11 is 1.98. The van der Waals surface area contributed by atoms with E-state index in [0.717, 1.165) is 12.3 Å². The van der Waals surface area contributed by atoms with Gasteiger partial charge in [0.05, 0.1) is 6.20 Å². The molecule has 0 saturated heterocycles. The van der Waals surface area contributed by atoms with Gasteiger partial charge < -0.3 is 5.32 Å². The van der Waals surface area contributed by atoms with E-state index < -0.39 is 0 Å². The van der Waals surface area contributed by atoms with Crippen molar-refractivity contribution in [3.63, 3.8) is 0 Å². The van der Waals surface area contributed by atoms with Crippen LogP contribution < -0.4 is 5.32 Å². The molecule has 0 amide bonds. The van der Waals surface area contributed by atoms with Crippen LogP contribution in [0.25, 0.3) is 0 Å². The van der Waals surface area contributed by atoms with E-state index in [9.17, 15) is 0 Å². The average molecular weight is 241 g/mol. The van der Waals surface area contributed by atoms with Crippen molar-refractivity contribution >= 4 is 11.8 Å². The van der Waals surface area contributed by atoms with Gasteiger partial charge in [-0.1, -0.05) is 20.8 Å². The molecule has 0 fully saturated rings. The fourth-order valence-corrected chi connectivity index (χ4v) is 2.44. The van der Waals surface area contributed by atoms with Gasteiger partial charge in [0.1, 0.15) is 0 Å². The lowest BCUT2D eigenvalue weighted by molar-refractivity contribution is 0.643. The SMILES string of the molecule is CCn1cc(C(CSC(C)(C)C)NC)cn1. The number of aryl methyl sites for hydroxylation is 1. The summed E-state index contributed by atoms with van der Waals surface area (Å²) in [4.78, 5) is 0. The third-order valence-corrected chi connectivity index (χ3v) is 3.78. The minimum atomic E-state index is 0.315. The Bertz CT molecular complexity index is 314. The second-order valence-electron chi connectivity index (χ2n) is 4.89. The van der Waals surface area contributed by atoms with Crippen LogP contribution in [0.2, 0.25) is 0 Å². The monoisotopic (exact) mass is 241 g/mol. The van der Waals surface area contributed by atoms with E-state index in [1.54, 1.807) is 0 Å². The van der Waals surface area contributed by atoms with Crippen LogP contribution in [0.15, 0.2) is 12.4 Å². The summed E-state index contributed by atoms with van der Waals surface area (Å²) in [5.74, 6) is 1.08. The zero-order chi connectivity index (χ0) is 12.2. The molecule has 0 saturated carbocycles. The van der Waals surface area contributed by atoms with E-state index >= 15 is 0 Å². The molecule has 0 radical (unpaired) electrons. The maximum Gasteiger partial charge on any atom is 0.0537 e. The molecule has 1 aromatic heterocycles. The van der Waals surface area contributed by atoms with Crippen molar-refractivity contribution in [3.8, 4) is 0 Å². The molecule has 3 nitrogen and oxygen atoms in total. The second-order valence-corrected chi connectivity index (χ2v) is 6.74. The number of thioether (sulfide) groups is 1. The van der Waals surface area contributed by atoms with E-state index in [1.807, 2.05) is 29.7 Å². The number of rotatable bonds is 5. The molecule has 4 heteroatoms. The van der Waals surface area contributed by atoms with Crippen molar-refractivity contribution in [2.24, 2.45) is 0 Å². The smallest absolute Gasteiger partial charge is 0.0537 e. The van der Waals surface area contributed by atoms with Crippen LogP contribution in [0.5, 0.6) is 0 Å². The van der Waals surface area contributed by atoms with E-state index in [2.05, 4.69) is 44.3 Å². The first kappa shape index (κ1) is 13.6. The van der Waals surface area contributed by atoms with Gasteiger partial charge in [0.2, 0.25) is 0 Å². The molecule has 16 heavy (non-hydrogen) atoms. The lowest BCUT2D eigenvalue weighted by Crippen LogP contribution is -2.21. The number of hydrogen-bond acceptors (Lipinski definition) is 3. The lowest BCUT2D eigenvalue weighted by Gasteiger charge is -2.22. The Balaban J connectivity index is 2.60. The fraction of sp³-hybridized carbons (Fsp3) is 0.750. The Morgan fingerprint density at radius 1 is 1.50 bits per heavy atom. The Labute approximate surface area is 103 Å². The number of nitrogens with zero attached hydrogens (tertiary/aromatic N) is 2. The van der Waals surface area contributed by atoms with Crippen molar-refractivity contribution < 1.29 is 0 Å². The minimum Gasteiger partial charge on any atom is -0.312 e. The van der Waals surface area contributed by atoms with Gasteiger partial charge >= 0.3 is 0 Å². The van der Waals surface area contributed by atoms with Crippen LogP contribution in [-0.2, 0) is 6.54 Å². The van der Waals surface area contributed by atoms with Gasteiger partial charge in [-0.2, -0.15) is 16.9 Å². The standard InChI is InChI=1S/C12H23N3S/c1-6-15-8-10(7-14-15)11(13-5)9-16-12(2,3)4/h7-8,11,13H,6,9H2,1-5H3. The maximum atomic E-state index is 4.32. The summed E-state index contributed by atoms with van der Waals surface area (Å²) < 4.78 is 2.29. The van der Waals surface area contributed by atoms with Crippen LogP contribution in [0.1, 0.15) is 39.3 Å². The number of aromatic nitrogens is 2. The molecule has 1 atom stereocenters. The zero-order valence-electron chi connectivity index (χ0n) is 10.9. The Morgan fingerprint density at radius 3 is 2.62 bits per heavy atom. The number of nitrogens with one attached hydrogen (secondary N) is 1. The van der Waals surface area contributed by atoms with Crippen LogP contribution >= 0.6 is 11.8 Å². The topological polar surface area (TPSA) is 29.9 Å². The molecule has 1 rings (SSSR count). The van der Waals surface area contributed by atoms with Crippen molar-refractivity contribution in [1.82, 2.24) is 15.1 Å². The molecular weight excluding hydrogens is 218 g/mol. The van der Waals surface area contributed by atoms with E-state index in [1.165, 1.54) is 5.56 Å². The molecule has 1 N–H and O–H groups in total. The summed E-state index contributed by atoms with van der Waals surface area (Å²) in [6.07, 6.45) is 4.10. The second kappa shape index (κ2) is 5.73. The third-order valence-electron chi connectivity index (χ3n) is 2.41. The summed E-state index contributed by atoms with van der Waals surface area (Å²) in [6, 6.07) is 0.393. The molecule has 0 spiro atoms. The predicted octanol–water partition coefficient (Wildman–Crippen LogP) is 2.70. The van der Waals surface area contributed by atoms with Gasteiger partial charge in [-0.25, -0.2) is 0 Å². The van der Waals surface area contributed by atoms with E-state index in [4.69, 9.17) is 0 Å². The minimum absolute atomic E-state index is 0.315. The predicted molar refractivity (Wildman–Crippen MR) is 71.9 cm³/mol. The van der Waals surface area contributed by atoms with Crippen LogP contribution in [0, 0.1) is 0 Å². The fourth-order valence-electron chi connectivity index (χ4n) is 1.41. The van der Waals surface area contributed by atoms with Gasteiger partial charge in [-0.15, -0.1) is 0 Å². The van der Waals surface area contributed by atoms with E-state index in [-0.39, 0.29) is 0 Å². The lowest BCUT2D eigenvalue weighted by atomic mass is 10.2. The average Bonchev–Trinajstić information content (AvgIpc) is 2.65. The van der Waals surface area contributed by atoms with Gasteiger partial charge in [-0.05, 0) is 14.0 Å². The van der Waals surface area contributed by atoms with Crippen molar-refractivity contribution in [2.45, 2.75) is 45.0 Å². The van der Waals surface area contributed by atoms with Crippen molar-refractivity contribution in [2.75, 3.05) is 12.8 Å². The van der Waals surface area contributed by atoms with Crippen LogP contribution in [0.4, 0.5) is 0 Å². The molecule has 1 unspecified atom stereocenters. The summed E-state index contributed by atoms with van der Waals surface area (Å²) in [5.41, 5.74) is 1.28. The normalized spacial score (nSPS) is 14.1. The zero-order valence-corrected chi connectivity index (χ0v) is 11.8. The van der Waals surface area contributed by atoms with Crippen LogP contribution in [0.3, 0.4) is 0 Å². The van der Waals surface area contributed by atoms with Gasteiger partial charge in [0.15, 0.2) is 0 Å². The first-order valence-corrected chi connectivity index (χ1v) is 6.78. The molecule has 0 bridgehead atoms. The highest BCUT2D eigenvalue weighted by Gasteiger charge is 2.16. The molecule has 0 aliphatic rings. The summed E-state index contributed by atoms with van der Waals surface area (Å²) in [6.45, 7) is 9.79. The molecule has 0 aromatic carbocycles. The highest BCUT2D eigenvalue weighted by Crippen LogP contribution is 2.28. The summed E-state index contributed by atoms with van der Waals surface area (Å²) in [5, 5.41) is 7.67.